The lowest BCUT2D eigenvalue weighted by atomic mass is 9.81. The Hall–Kier alpha value is -6.82. The van der Waals surface area contributed by atoms with Gasteiger partial charge in [0, 0.05) is 55.0 Å². The first-order valence-corrected chi connectivity index (χ1v) is 20.0. The molecule has 0 amide bonds. The zero-order valence-electron chi connectivity index (χ0n) is 30.9. The van der Waals surface area contributed by atoms with Crippen LogP contribution in [0.15, 0.2) is 170 Å². The fourth-order valence-corrected chi connectivity index (χ4v) is 10.8. The van der Waals surface area contributed by atoms with Crippen LogP contribution in [0.2, 0.25) is 0 Å². The maximum Gasteiger partial charge on any atom is 0.160 e. The molecule has 56 heavy (non-hydrogen) atoms. The summed E-state index contributed by atoms with van der Waals surface area (Å²) in [7, 11) is 0. The van der Waals surface area contributed by atoms with E-state index in [1.54, 1.807) is 0 Å². The van der Waals surface area contributed by atoms with Gasteiger partial charge in [-0.3, -0.25) is 0 Å². The van der Waals surface area contributed by atoms with Crippen LogP contribution in [0.25, 0.3) is 98.3 Å². The summed E-state index contributed by atoms with van der Waals surface area (Å²) in [4.78, 5) is 10.4. The summed E-state index contributed by atoms with van der Waals surface area (Å²) in [5.74, 6) is 0.716. The molecule has 4 heterocycles. The van der Waals surface area contributed by atoms with Crippen LogP contribution in [-0.4, -0.2) is 19.1 Å². The Labute approximate surface area is 327 Å². The molecule has 0 saturated carbocycles. The van der Waals surface area contributed by atoms with Crippen molar-refractivity contribution in [3.05, 3.63) is 181 Å². The lowest BCUT2D eigenvalue weighted by Crippen LogP contribution is -2.14. The van der Waals surface area contributed by atoms with Gasteiger partial charge in [0.1, 0.15) is 0 Å². The van der Waals surface area contributed by atoms with E-state index < -0.39 is 0 Å². The molecule has 0 spiro atoms. The molecular weight excluding hydrogens is 701 g/mol. The fraction of sp³-hybridized carbons (Fsp3) is 0.0588. The maximum absolute atomic E-state index is 5.28. The monoisotopic (exact) mass is 734 g/mol. The summed E-state index contributed by atoms with van der Waals surface area (Å²) in [5.41, 5.74) is 15.1. The molecule has 0 atom stereocenters. The molecule has 0 saturated heterocycles. The minimum Gasteiger partial charge on any atom is -0.308 e. The van der Waals surface area contributed by atoms with Gasteiger partial charge < -0.3 is 9.13 Å². The molecule has 7 aromatic carbocycles. The van der Waals surface area contributed by atoms with Crippen molar-refractivity contribution in [3.8, 4) is 45.3 Å². The number of para-hydroxylation sites is 3. The van der Waals surface area contributed by atoms with E-state index in [2.05, 4.69) is 187 Å². The van der Waals surface area contributed by atoms with Gasteiger partial charge in [0.15, 0.2) is 5.82 Å². The second kappa shape index (κ2) is 11.6. The molecule has 0 unspecified atom stereocenters. The quantitative estimate of drug-likeness (QED) is 0.180. The average molecular weight is 735 g/mol. The number of hydrogen-bond donors (Lipinski definition) is 0. The molecule has 12 rings (SSSR count). The number of hydrogen-bond acceptors (Lipinski definition) is 3. The topological polar surface area (TPSA) is 35.6 Å². The molecule has 0 N–H and O–H groups in total. The van der Waals surface area contributed by atoms with Crippen LogP contribution >= 0.6 is 11.3 Å². The number of benzene rings is 7. The van der Waals surface area contributed by atoms with Crippen LogP contribution in [0.1, 0.15) is 25.0 Å². The molecular formula is C51H34N4S. The van der Waals surface area contributed by atoms with E-state index >= 15 is 0 Å². The van der Waals surface area contributed by atoms with Gasteiger partial charge in [0.2, 0.25) is 0 Å². The lowest BCUT2D eigenvalue weighted by Gasteiger charge is -2.21. The SMILES string of the molecule is CC1(C)c2ccccc2-c2c1c1ccc3c(sc4c5ccccc5n(-c5ccccc5)c34)c1n2-c1cccc(-c2nc(-c3ccccc3)c3ccccc3n2)c1. The van der Waals surface area contributed by atoms with E-state index in [-0.39, 0.29) is 5.41 Å². The highest BCUT2D eigenvalue weighted by molar-refractivity contribution is 7.27. The zero-order chi connectivity index (χ0) is 37.1. The summed E-state index contributed by atoms with van der Waals surface area (Å²) in [5, 5.41) is 4.89. The standard InChI is InChI=1S/C51H34N4S/c1-51(2)40-25-12-9-22-35(40)45-43(51)38-28-29-39-47-48(37-24-11-14-27-42(37)54(47)33-19-7-4-8-20-33)56-49(39)46(38)55(45)34-21-15-18-32(30-34)50-52-41-26-13-10-23-36(41)44(53-50)31-16-5-3-6-17-31/h3-30H,1-2H3. The molecule has 0 radical (unpaired) electrons. The van der Waals surface area contributed by atoms with E-state index in [9.17, 15) is 0 Å². The Bertz CT molecular complexity index is 3380. The lowest BCUT2D eigenvalue weighted by molar-refractivity contribution is 0.666. The van der Waals surface area contributed by atoms with Crippen molar-refractivity contribution < 1.29 is 0 Å². The van der Waals surface area contributed by atoms with Crippen LogP contribution in [-0.2, 0) is 5.41 Å². The predicted octanol–water partition coefficient (Wildman–Crippen LogP) is 13.5. The first-order chi connectivity index (χ1) is 27.6. The Morgan fingerprint density at radius 3 is 2.00 bits per heavy atom. The van der Waals surface area contributed by atoms with Crippen molar-refractivity contribution in [2.24, 2.45) is 0 Å². The van der Waals surface area contributed by atoms with Crippen LogP contribution in [0.4, 0.5) is 0 Å². The molecule has 264 valence electrons. The van der Waals surface area contributed by atoms with Crippen LogP contribution in [0.5, 0.6) is 0 Å². The van der Waals surface area contributed by atoms with Crippen LogP contribution < -0.4 is 0 Å². The largest absolute Gasteiger partial charge is 0.308 e. The number of rotatable bonds is 4. The summed E-state index contributed by atoms with van der Waals surface area (Å²) in [6.07, 6.45) is 0. The molecule has 4 nitrogen and oxygen atoms in total. The van der Waals surface area contributed by atoms with Gasteiger partial charge in [-0.2, -0.15) is 0 Å². The first kappa shape index (κ1) is 31.5. The summed E-state index contributed by atoms with van der Waals surface area (Å²) in [6, 6.07) is 61.0. The van der Waals surface area contributed by atoms with Crippen molar-refractivity contribution in [1.29, 1.82) is 0 Å². The highest BCUT2D eigenvalue weighted by Gasteiger charge is 2.41. The average Bonchev–Trinajstić information content (AvgIpc) is 3.96. The highest BCUT2D eigenvalue weighted by Crippen LogP contribution is 2.56. The molecule has 1 aliphatic carbocycles. The Balaban J connectivity index is 1.18. The number of fused-ring (bicyclic) bond motifs is 12. The van der Waals surface area contributed by atoms with Crippen molar-refractivity contribution in [2.75, 3.05) is 0 Å². The van der Waals surface area contributed by atoms with E-state index in [0.717, 1.165) is 33.4 Å². The molecule has 5 heteroatoms. The van der Waals surface area contributed by atoms with E-state index in [4.69, 9.17) is 9.97 Å². The summed E-state index contributed by atoms with van der Waals surface area (Å²) >= 11 is 1.92. The van der Waals surface area contributed by atoms with Crippen molar-refractivity contribution in [1.82, 2.24) is 19.1 Å². The second-order valence-corrected chi connectivity index (χ2v) is 16.4. The Morgan fingerprint density at radius 1 is 0.500 bits per heavy atom. The van der Waals surface area contributed by atoms with Gasteiger partial charge in [0.05, 0.1) is 42.9 Å². The van der Waals surface area contributed by atoms with E-state index in [1.807, 2.05) is 17.4 Å². The number of nitrogens with zero attached hydrogens (tertiary/aromatic N) is 4. The van der Waals surface area contributed by atoms with E-state index in [1.165, 1.54) is 70.2 Å². The molecule has 11 aromatic rings. The normalized spacial score (nSPS) is 13.3. The third kappa shape index (κ3) is 4.29. The van der Waals surface area contributed by atoms with Crippen molar-refractivity contribution >= 4 is 64.3 Å². The summed E-state index contributed by atoms with van der Waals surface area (Å²) < 4.78 is 7.61. The van der Waals surface area contributed by atoms with Crippen LogP contribution in [0, 0.1) is 0 Å². The van der Waals surface area contributed by atoms with Gasteiger partial charge in [-0.15, -0.1) is 11.3 Å². The second-order valence-electron chi connectivity index (χ2n) is 15.4. The summed E-state index contributed by atoms with van der Waals surface area (Å²) in [6.45, 7) is 4.77. The van der Waals surface area contributed by atoms with Gasteiger partial charge in [-0.05, 0) is 47.5 Å². The van der Waals surface area contributed by atoms with Gasteiger partial charge in [-0.25, -0.2) is 9.97 Å². The van der Waals surface area contributed by atoms with Gasteiger partial charge >= 0.3 is 0 Å². The fourth-order valence-electron chi connectivity index (χ4n) is 9.46. The maximum atomic E-state index is 5.28. The molecule has 0 aliphatic heterocycles. The predicted molar refractivity (Wildman–Crippen MR) is 235 cm³/mol. The number of thiophene rings is 1. The van der Waals surface area contributed by atoms with Crippen LogP contribution in [0.3, 0.4) is 0 Å². The zero-order valence-corrected chi connectivity index (χ0v) is 31.7. The van der Waals surface area contributed by atoms with Gasteiger partial charge in [-0.1, -0.05) is 147 Å². The van der Waals surface area contributed by atoms with Crippen molar-refractivity contribution in [2.45, 2.75) is 19.3 Å². The third-order valence-electron chi connectivity index (χ3n) is 11.9. The Kier molecular flexibility index (Phi) is 6.53. The highest BCUT2D eigenvalue weighted by atomic mass is 32.1. The minimum absolute atomic E-state index is 0.185. The minimum atomic E-state index is -0.185. The molecule has 0 bridgehead atoms. The smallest absolute Gasteiger partial charge is 0.160 e. The number of aromatic nitrogens is 4. The third-order valence-corrected chi connectivity index (χ3v) is 13.1. The van der Waals surface area contributed by atoms with Crippen molar-refractivity contribution in [3.63, 3.8) is 0 Å². The van der Waals surface area contributed by atoms with E-state index in [0.29, 0.717) is 5.82 Å². The molecule has 0 fully saturated rings. The molecule has 4 aromatic heterocycles. The molecule has 1 aliphatic rings. The van der Waals surface area contributed by atoms with Gasteiger partial charge in [0.25, 0.3) is 0 Å². The Morgan fingerprint density at radius 2 is 1.14 bits per heavy atom. The first-order valence-electron chi connectivity index (χ1n) is 19.2.